The number of nitrogens with zero attached hydrogens (tertiary/aromatic N) is 1. The Morgan fingerprint density at radius 3 is 1.80 bits per heavy atom. The number of ether oxygens (including phenoxy) is 2. The number of anilines is 1. The number of halogens is 9. The van der Waals surface area contributed by atoms with E-state index in [1.165, 1.54) is 18.1 Å². The predicted molar refractivity (Wildman–Crippen MR) is 131 cm³/mol. The quantitative estimate of drug-likeness (QED) is 0.262. The first-order valence-electron chi connectivity index (χ1n) is 12.1. The van der Waals surface area contributed by atoms with E-state index in [0.29, 0.717) is 24.1 Å². The Balaban J connectivity index is 0.000000353. The van der Waals surface area contributed by atoms with Gasteiger partial charge in [-0.3, -0.25) is 9.69 Å². The van der Waals surface area contributed by atoms with Gasteiger partial charge in [-0.1, -0.05) is 19.1 Å². The van der Waals surface area contributed by atoms with Gasteiger partial charge in [-0.05, 0) is 62.2 Å². The van der Waals surface area contributed by atoms with E-state index in [-0.39, 0.29) is 23.9 Å². The van der Waals surface area contributed by atoms with Crippen LogP contribution in [0.5, 0.6) is 0 Å². The summed E-state index contributed by atoms with van der Waals surface area (Å²) in [6, 6.07) is 4.67. The van der Waals surface area contributed by atoms with Gasteiger partial charge in [0.1, 0.15) is 0 Å². The lowest BCUT2D eigenvalue weighted by atomic mass is 9.85. The summed E-state index contributed by atoms with van der Waals surface area (Å²) >= 11 is 0. The normalized spacial score (nSPS) is 16.1. The van der Waals surface area contributed by atoms with Gasteiger partial charge in [0, 0.05) is 5.56 Å². The summed E-state index contributed by atoms with van der Waals surface area (Å²) in [5.41, 5.74) is -2.61. The van der Waals surface area contributed by atoms with E-state index in [2.05, 4.69) is 0 Å². The minimum atomic E-state index is -4.75. The summed E-state index contributed by atoms with van der Waals surface area (Å²) in [4.78, 5) is 25.8. The average Bonchev–Trinajstić information content (AvgIpc) is 2.90. The van der Waals surface area contributed by atoms with Crippen molar-refractivity contribution in [1.82, 2.24) is 0 Å². The minimum Gasteiger partial charge on any atom is -0.469 e. The van der Waals surface area contributed by atoms with Crippen LogP contribution in [0.15, 0.2) is 48.5 Å². The van der Waals surface area contributed by atoms with Gasteiger partial charge in [0.05, 0.1) is 48.1 Å². The average molecular weight is 599 g/mol. The third kappa shape index (κ3) is 8.17. The summed E-state index contributed by atoms with van der Waals surface area (Å²) in [5.74, 6) is -1.35. The third-order valence-corrected chi connectivity index (χ3v) is 6.02. The highest BCUT2D eigenvalue weighted by molar-refractivity contribution is 5.99. The van der Waals surface area contributed by atoms with Crippen molar-refractivity contribution >= 4 is 23.3 Å². The van der Waals surface area contributed by atoms with Crippen molar-refractivity contribution in [1.29, 1.82) is 0 Å². The Hall–Kier alpha value is -3.71. The molecule has 0 fully saturated rings. The molecular formula is C27H26F9NO4. The number of fused-ring (bicyclic) bond motifs is 1. The molecule has 41 heavy (non-hydrogen) atoms. The highest BCUT2D eigenvalue weighted by Crippen LogP contribution is 2.42. The van der Waals surface area contributed by atoms with E-state index in [4.69, 9.17) is 9.47 Å². The Morgan fingerprint density at radius 2 is 1.37 bits per heavy atom. The molecule has 3 rings (SSSR count). The number of benzene rings is 2. The lowest BCUT2D eigenvalue weighted by molar-refractivity contribution is -0.144. The molecule has 0 saturated heterocycles. The van der Waals surface area contributed by atoms with Gasteiger partial charge in [0.2, 0.25) is 0 Å². The first-order chi connectivity index (χ1) is 18.9. The number of carbonyl (C=O) groups excluding carboxylic acids is 2. The fraction of sp³-hybridized carbons (Fsp3) is 0.407. The van der Waals surface area contributed by atoms with Gasteiger partial charge in [-0.15, -0.1) is 0 Å². The molecule has 2 aromatic rings. The smallest absolute Gasteiger partial charge is 0.416 e. The minimum absolute atomic E-state index is 0.0833. The fourth-order valence-corrected chi connectivity index (χ4v) is 3.98. The predicted octanol–water partition coefficient (Wildman–Crippen LogP) is 8.38. The molecule has 0 spiro atoms. The molecule has 0 radical (unpaired) electrons. The van der Waals surface area contributed by atoms with Crippen molar-refractivity contribution in [3.8, 4) is 0 Å². The van der Waals surface area contributed by atoms with Gasteiger partial charge in [0.25, 0.3) is 0 Å². The van der Waals surface area contributed by atoms with Crippen LogP contribution in [0.2, 0.25) is 0 Å². The van der Waals surface area contributed by atoms with E-state index in [1.807, 2.05) is 6.92 Å². The van der Waals surface area contributed by atoms with Crippen molar-refractivity contribution in [2.75, 3.05) is 18.6 Å². The van der Waals surface area contributed by atoms with E-state index in [1.54, 1.807) is 19.9 Å². The number of rotatable bonds is 4. The van der Waals surface area contributed by atoms with Gasteiger partial charge < -0.3 is 9.47 Å². The van der Waals surface area contributed by atoms with Crippen molar-refractivity contribution in [2.45, 2.75) is 51.8 Å². The molecule has 0 aromatic heterocycles. The molecule has 5 nitrogen and oxygen atoms in total. The number of hydrogen-bond donors (Lipinski definition) is 0. The Labute approximate surface area is 229 Å². The van der Waals surface area contributed by atoms with Crippen LogP contribution in [-0.4, -0.2) is 31.8 Å². The first-order valence-corrected chi connectivity index (χ1v) is 12.1. The van der Waals surface area contributed by atoms with Crippen LogP contribution in [-0.2, 0) is 32.8 Å². The van der Waals surface area contributed by atoms with Crippen LogP contribution in [0.1, 0.15) is 49.4 Å². The molecule has 14 heteroatoms. The number of amides is 1. The van der Waals surface area contributed by atoms with E-state index in [9.17, 15) is 49.1 Å². The van der Waals surface area contributed by atoms with Gasteiger partial charge in [0.15, 0.2) is 0 Å². The van der Waals surface area contributed by atoms with Gasteiger partial charge in [-0.25, -0.2) is 4.79 Å². The molecule has 2 atom stereocenters. The number of methoxy groups -OCH3 is 1. The van der Waals surface area contributed by atoms with Crippen LogP contribution < -0.4 is 4.90 Å². The SMILES string of the molecule is CCOC(=O)N1c2ccc(C(F)(F)F)cc2C(C(C)C(=O)OC)=CC1CC.FC(F)(F)c1cccc(C(F)(F)F)c1. The Kier molecular flexibility index (Phi) is 10.5. The fourth-order valence-electron chi connectivity index (χ4n) is 3.98. The number of esters is 1. The highest BCUT2D eigenvalue weighted by Gasteiger charge is 2.38. The van der Waals surface area contributed by atoms with E-state index in [0.717, 1.165) is 18.2 Å². The maximum atomic E-state index is 13.2. The Morgan fingerprint density at radius 1 is 0.854 bits per heavy atom. The zero-order chi connectivity index (χ0) is 31.3. The van der Waals surface area contributed by atoms with Crippen molar-refractivity contribution < 1.29 is 58.6 Å². The highest BCUT2D eigenvalue weighted by atomic mass is 19.4. The molecule has 1 amide bonds. The summed E-state index contributed by atoms with van der Waals surface area (Å²) in [6.45, 7) is 5.19. The summed E-state index contributed by atoms with van der Waals surface area (Å²) in [6.07, 6.45) is -12.6. The van der Waals surface area contributed by atoms with Crippen molar-refractivity contribution in [2.24, 2.45) is 5.92 Å². The molecular weight excluding hydrogens is 573 g/mol. The second-order valence-electron chi connectivity index (χ2n) is 8.72. The second kappa shape index (κ2) is 12.9. The Bertz CT molecular complexity index is 1240. The van der Waals surface area contributed by atoms with Gasteiger partial charge in [-0.2, -0.15) is 39.5 Å². The van der Waals surface area contributed by atoms with Crippen LogP contribution in [0, 0.1) is 5.92 Å². The maximum Gasteiger partial charge on any atom is 0.416 e. The van der Waals surface area contributed by atoms with E-state index < -0.39 is 59.2 Å². The lowest BCUT2D eigenvalue weighted by Crippen LogP contribution is -2.42. The topological polar surface area (TPSA) is 55.8 Å². The monoisotopic (exact) mass is 599 g/mol. The first kappa shape index (κ1) is 33.5. The molecule has 0 aliphatic carbocycles. The lowest BCUT2D eigenvalue weighted by Gasteiger charge is -2.36. The van der Waals surface area contributed by atoms with Crippen molar-refractivity contribution in [3.63, 3.8) is 0 Å². The maximum absolute atomic E-state index is 13.2. The molecule has 0 bridgehead atoms. The molecule has 1 aliphatic heterocycles. The van der Waals surface area contributed by atoms with E-state index >= 15 is 0 Å². The molecule has 2 unspecified atom stereocenters. The molecule has 0 N–H and O–H groups in total. The molecule has 2 aromatic carbocycles. The summed E-state index contributed by atoms with van der Waals surface area (Å²) < 4.78 is 121. The van der Waals surface area contributed by atoms with Crippen LogP contribution in [0.4, 0.5) is 50.0 Å². The number of alkyl halides is 9. The van der Waals surface area contributed by atoms with Crippen LogP contribution >= 0.6 is 0 Å². The van der Waals surface area contributed by atoms with Crippen molar-refractivity contribution in [3.05, 3.63) is 70.8 Å². The number of carbonyl (C=O) groups is 2. The second-order valence-corrected chi connectivity index (χ2v) is 8.72. The van der Waals surface area contributed by atoms with Crippen LogP contribution in [0.3, 0.4) is 0 Å². The molecule has 226 valence electrons. The largest absolute Gasteiger partial charge is 0.469 e. The molecule has 1 aliphatic rings. The standard InChI is InChI=1S/C19H22F3NO4.C8H4F6/c1-5-13-10-14(11(3)17(24)26-4)15-9-12(19(20,21)22)7-8-16(15)23(13)18(25)27-6-2;9-7(10,11)5-2-1-3-6(4-5)8(12,13)14/h7-11,13H,5-6H2,1-4H3;1-4H. The van der Waals surface area contributed by atoms with Gasteiger partial charge >= 0.3 is 30.6 Å². The number of hydrogen-bond acceptors (Lipinski definition) is 4. The van der Waals surface area contributed by atoms with Crippen LogP contribution in [0.25, 0.3) is 5.57 Å². The third-order valence-electron chi connectivity index (χ3n) is 6.02. The summed E-state index contributed by atoms with van der Waals surface area (Å²) in [7, 11) is 1.22. The zero-order valence-electron chi connectivity index (χ0n) is 22.2. The summed E-state index contributed by atoms with van der Waals surface area (Å²) in [5, 5.41) is 0. The molecule has 1 heterocycles. The molecule has 0 saturated carbocycles. The zero-order valence-corrected chi connectivity index (χ0v) is 22.2.